The van der Waals surface area contributed by atoms with Crippen LogP contribution in [0.25, 0.3) is 0 Å². The molecule has 0 spiro atoms. The molecule has 28 heteroatoms. The lowest BCUT2D eigenvalue weighted by Gasteiger charge is -2.60. The van der Waals surface area contributed by atoms with Crippen LogP contribution in [-0.4, -0.2) is 167 Å². The van der Waals surface area contributed by atoms with E-state index in [4.69, 9.17) is 66.3 Å². The van der Waals surface area contributed by atoms with Crippen molar-refractivity contribution in [1.29, 1.82) is 0 Å². The van der Waals surface area contributed by atoms with E-state index in [0.717, 1.165) is 44.9 Å². The zero-order valence-corrected chi connectivity index (χ0v) is 95.3. The first kappa shape index (κ1) is 137. The van der Waals surface area contributed by atoms with Crippen LogP contribution in [0.15, 0.2) is 0 Å². The molecule has 4 saturated carbocycles. The first-order valence-corrected chi connectivity index (χ1v) is 49.8. The number of hydrogen-bond acceptors (Lipinski definition) is 28. The van der Waals surface area contributed by atoms with Crippen molar-refractivity contribution in [3.05, 3.63) is 0 Å². The van der Waals surface area contributed by atoms with E-state index < -0.39 is 124 Å². The summed E-state index contributed by atoms with van der Waals surface area (Å²) in [4.78, 5) is 166. The van der Waals surface area contributed by atoms with Gasteiger partial charge in [0.25, 0.3) is 0 Å². The second kappa shape index (κ2) is 56.3. The van der Waals surface area contributed by atoms with Crippen LogP contribution in [0.4, 0.5) is 0 Å². The van der Waals surface area contributed by atoms with E-state index in [0.29, 0.717) is 63.2 Å². The molecular formula is C108H198O28. The van der Waals surface area contributed by atoms with Gasteiger partial charge in [-0.1, -0.05) is 125 Å². The molecule has 4 bridgehead atoms. The summed E-state index contributed by atoms with van der Waals surface area (Å²) in [5.74, 6) is -3.75. The number of carbonyl (C=O) groups is 14. The molecule has 4 fully saturated rings. The second-order valence-corrected chi connectivity index (χ2v) is 47.8. The van der Waals surface area contributed by atoms with Gasteiger partial charge in [-0.3, -0.25) is 43.2 Å². The van der Waals surface area contributed by atoms with Crippen LogP contribution in [0.1, 0.15) is 455 Å². The van der Waals surface area contributed by atoms with E-state index in [1.54, 1.807) is 104 Å². The minimum absolute atomic E-state index is 0.0794. The zero-order chi connectivity index (χ0) is 109. The molecule has 0 aromatic heterocycles. The predicted octanol–water partition coefficient (Wildman–Crippen LogP) is 24.2. The Kier molecular flexibility index (Phi) is 56.7. The van der Waals surface area contributed by atoms with Crippen LogP contribution in [0.3, 0.4) is 0 Å². The van der Waals surface area contributed by atoms with Crippen LogP contribution < -0.4 is 0 Å². The van der Waals surface area contributed by atoms with Crippen LogP contribution in [0, 0.1) is 72.4 Å². The minimum Gasteiger partial charge on any atom is -0.465 e. The maximum absolute atomic E-state index is 13.0. The minimum atomic E-state index is -1.28. The normalized spacial score (nSPS) is 16.9. The van der Waals surface area contributed by atoms with Crippen molar-refractivity contribution in [2.24, 2.45) is 72.4 Å². The van der Waals surface area contributed by atoms with Crippen molar-refractivity contribution < 1.29 is 133 Å². The average molecular weight is 1940 g/mol. The Morgan fingerprint density at radius 3 is 0.875 bits per heavy atom. The molecule has 2 unspecified atom stereocenters. The topological polar surface area (TPSA) is 368 Å². The van der Waals surface area contributed by atoms with Gasteiger partial charge in [0, 0.05) is 18.3 Å². The van der Waals surface area contributed by atoms with Crippen LogP contribution in [0.5, 0.6) is 0 Å². The van der Waals surface area contributed by atoms with Crippen molar-refractivity contribution in [3.8, 4) is 0 Å². The van der Waals surface area contributed by atoms with E-state index >= 15 is 0 Å². The summed E-state index contributed by atoms with van der Waals surface area (Å²) in [5, 5.41) is 0. The molecule has 4 aliphatic rings. The quantitative estimate of drug-likeness (QED) is 0.0313. The highest BCUT2D eigenvalue weighted by molar-refractivity contribution is 5.86. The Bertz CT molecular complexity index is 3740. The summed E-state index contributed by atoms with van der Waals surface area (Å²) in [7, 11) is 0. The Morgan fingerprint density at radius 1 is 0.294 bits per heavy atom. The monoisotopic (exact) mass is 1940 g/mol. The highest BCUT2D eigenvalue weighted by Gasteiger charge is 2.64. The summed E-state index contributed by atoms with van der Waals surface area (Å²) >= 11 is 0. The molecule has 0 aromatic carbocycles. The summed E-state index contributed by atoms with van der Waals surface area (Å²) in [6.07, 6.45) is 12.5. The fourth-order valence-corrected chi connectivity index (χ4v) is 11.1. The zero-order valence-electron chi connectivity index (χ0n) is 95.3. The number of carbonyl (C=O) groups excluding carboxylic acids is 14. The molecule has 0 amide bonds. The lowest BCUT2D eigenvalue weighted by molar-refractivity contribution is -0.222. The molecule has 28 nitrogen and oxygen atoms in total. The van der Waals surface area contributed by atoms with Gasteiger partial charge in [-0.25, -0.2) is 24.0 Å². The van der Waals surface area contributed by atoms with Gasteiger partial charge in [0.05, 0.1) is 49.9 Å². The molecule has 4 rings (SSSR count). The summed E-state index contributed by atoms with van der Waals surface area (Å²) < 4.78 is 73.9. The third-order valence-electron chi connectivity index (χ3n) is 26.7. The van der Waals surface area contributed by atoms with Crippen molar-refractivity contribution in [3.63, 3.8) is 0 Å². The summed E-state index contributed by atoms with van der Waals surface area (Å²) in [6.45, 7) is 92.4. The molecule has 0 heterocycles. The third kappa shape index (κ3) is 51.7. The Hall–Kier alpha value is -7.42. The van der Waals surface area contributed by atoms with Gasteiger partial charge in [-0.05, 0) is 342 Å². The molecule has 136 heavy (non-hydrogen) atoms. The summed E-state index contributed by atoms with van der Waals surface area (Å²) in [5.41, 5.74) is -9.86. The van der Waals surface area contributed by atoms with E-state index in [1.807, 2.05) is 242 Å². The molecule has 0 N–H and O–H groups in total. The maximum atomic E-state index is 13.0. The fraction of sp³-hybridized carbons (Fsp3) is 0.870. The standard InChI is InChI=1S/C21H34O4.C16H30O4.2C15H28O4.C14H26O4.C13H24O4.C12H22O4.C2H6/c1-7-19(5,6)16(22)25-21-11-14-8-15(12-21)10-20(9-14,13-21)17(23)24-18(2,3)4;1-10-14(4,5)12(17)19-16(8,9)13(18)20-15(6,7)11(2)3;1-9-14(5,6)12(17)18-10-11(16)19-15(7,8)13(2,3)4;1-7-14(3,4)13(17)18-11-9-10-12(16)19-15(5,6)8-2;1-8-13(4,5)12(16)17-9-11(15)18-14(6,7)10(2)3;1-7-12(3,4)11(15)16-9-10(14)17-13(5,6)8-2;1-7-12(5,6)10(14)15-8-9(13)16-11(2,3)4;1-2/h14-15H,7-13H2,1-6H3;11H,10H2,1-9H3;9-10H2,1-8H3;7-11H2,1-6H3;10H,8-9H2,1-7H3;7-9H2,1-6H3;7-8H2,1-6H3;1-2H3. The smallest absolute Gasteiger partial charge is 0.350 e. The second-order valence-electron chi connectivity index (χ2n) is 47.8. The van der Waals surface area contributed by atoms with Gasteiger partial charge < -0.3 is 66.3 Å². The van der Waals surface area contributed by atoms with Gasteiger partial charge in [-0.15, -0.1) is 0 Å². The van der Waals surface area contributed by atoms with Crippen LogP contribution >= 0.6 is 0 Å². The molecular weight excluding hydrogens is 1750 g/mol. The molecule has 0 radical (unpaired) electrons. The highest BCUT2D eigenvalue weighted by Crippen LogP contribution is 2.64. The lowest BCUT2D eigenvalue weighted by atomic mass is 9.48. The van der Waals surface area contributed by atoms with Crippen LogP contribution in [0.2, 0.25) is 0 Å². The largest absolute Gasteiger partial charge is 0.465 e. The fourth-order valence-electron chi connectivity index (χ4n) is 11.1. The Balaban J connectivity index is -0.000000492. The van der Waals surface area contributed by atoms with Gasteiger partial charge in [0.1, 0.15) is 44.8 Å². The molecule has 0 aromatic rings. The van der Waals surface area contributed by atoms with E-state index in [9.17, 15) is 67.1 Å². The summed E-state index contributed by atoms with van der Waals surface area (Å²) in [6, 6.07) is 0. The molecule has 2 atom stereocenters. The van der Waals surface area contributed by atoms with Crippen molar-refractivity contribution >= 4 is 83.6 Å². The first-order valence-electron chi connectivity index (χ1n) is 49.8. The number of ether oxygens (including phenoxy) is 14. The SMILES string of the molecule is CC.CCC(C)(C)C(=O)OC(C)(C)C(=O)OC(C)(C)C(C)C.CCC(C)(C)C(=O)OC12CC3CC(C1)CC(C(=O)OC(C)(C)C)(C3)C2.CCC(C)(C)C(=O)OCC(=O)OC(C)(C)C.CCC(C)(C)C(=O)OCC(=O)OC(C)(C)C(C)(C)C.CCC(C)(C)C(=O)OCC(=O)OC(C)(C)C(C)C.CCC(C)(C)OC(=O)CCCOC(=O)C(C)(C)CC.CCC(C)(C)OC(=O)COC(=O)C(C)(C)CC. The van der Waals surface area contributed by atoms with Crippen molar-refractivity contribution in [2.75, 3.05) is 33.0 Å². The molecule has 4 aliphatic carbocycles. The Labute approximate surface area is 824 Å². The Morgan fingerprint density at radius 2 is 0.574 bits per heavy atom. The molecule has 798 valence electrons. The van der Waals surface area contributed by atoms with Gasteiger partial charge in [0.2, 0.25) is 5.60 Å². The number of esters is 14. The first-order chi connectivity index (χ1) is 60.9. The molecule has 0 aliphatic heterocycles. The lowest BCUT2D eigenvalue weighted by Crippen LogP contribution is -2.61. The maximum Gasteiger partial charge on any atom is 0.350 e. The average Bonchev–Trinajstić information content (AvgIpc) is 0.712. The molecule has 0 saturated heterocycles. The van der Waals surface area contributed by atoms with E-state index in [2.05, 4.69) is 0 Å². The van der Waals surface area contributed by atoms with Crippen molar-refractivity contribution in [1.82, 2.24) is 0 Å². The van der Waals surface area contributed by atoms with E-state index in [1.165, 1.54) is 6.42 Å². The number of hydrogen-bond donors (Lipinski definition) is 0. The van der Waals surface area contributed by atoms with Crippen molar-refractivity contribution in [2.45, 2.75) is 506 Å². The van der Waals surface area contributed by atoms with Gasteiger partial charge in [0.15, 0.2) is 26.4 Å². The number of rotatable bonds is 39. The third-order valence-corrected chi connectivity index (χ3v) is 26.7. The van der Waals surface area contributed by atoms with Crippen LogP contribution in [-0.2, 0) is 133 Å². The van der Waals surface area contributed by atoms with Gasteiger partial charge in [-0.2, -0.15) is 0 Å². The predicted molar refractivity (Wildman–Crippen MR) is 532 cm³/mol. The highest BCUT2D eigenvalue weighted by atomic mass is 16.6. The van der Waals surface area contributed by atoms with E-state index in [-0.39, 0.29) is 110 Å². The van der Waals surface area contributed by atoms with Gasteiger partial charge >= 0.3 is 83.6 Å².